The third-order valence-electron chi connectivity index (χ3n) is 6.42. The molecule has 2 aromatic carbocycles. The molecule has 4 rings (SSSR count). The zero-order chi connectivity index (χ0) is 24.8. The van der Waals surface area contributed by atoms with Gasteiger partial charge < -0.3 is 16.4 Å². The average Bonchev–Trinajstić information content (AvgIpc) is 2.86. The summed E-state index contributed by atoms with van der Waals surface area (Å²) >= 11 is 0. The minimum Gasteiger partial charge on any atom is -0.383 e. The number of piperidine rings is 1. The molecule has 2 heterocycles. The van der Waals surface area contributed by atoms with Crippen LogP contribution in [-0.4, -0.2) is 40.7 Å². The van der Waals surface area contributed by atoms with Crippen LogP contribution in [0.5, 0.6) is 0 Å². The van der Waals surface area contributed by atoms with E-state index in [4.69, 9.17) is 11.1 Å². The van der Waals surface area contributed by atoms with E-state index >= 15 is 0 Å². The Hall–Kier alpha value is -3.62. The lowest BCUT2D eigenvalue weighted by Gasteiger charge is -2.21. The van der Waals surface area contributed by atoms with Gasteiger partial charge in [-0.2, -0.15) is 4.98 Å². The molecule has 0 radical (unpaired) electrons. The zero-order valence-corrected chi connectivity index (χ0v) is 20.4. The van der Waals surface area contributed by atoms with Crippen molar-refractivity contribution in [3.63, 3.8) is 0 Å². The van der Waals surface area contributed by atoms with Gasteiger partial charge in [0.1, 0.15) is 23.8 Å². The van der Waals surface area contributed by atoms with Crippen LogP contribution in [0, 0.1) is 12.3 Å². The first kappa shape index (κ1) is 24.5. The summed E-state index contributed by atoms with van der Waals surface area (Å²) in [6.07, 6.45) is 5.71. The Labute approximate surface area is 206 Å². The Kier molecular flexibility index (Phi) is 7.84. The normalized spacial score (nSPS) is 15.5. The van der Waals surface area contributed by atoms with Gasteiger partial charge in [-0.3, -0.25) is 15.5 Å². The van der Waals surface area contributed by atoms with Gasteiger partial charge in [0.25, 0.3) is 5.91 Å². The quantitative estimate of drug-likeness (QED) is 0.322. The second-order valence-electron chi connectivity index (χ2n) is 9.09. The van der Waals surface area contributed by atoms with Gasteiger partial charge in [0.05, 0.1) is 5.71 Å². The summed E-state index contributed by atoms with van der Waals surface area (Å²) in [5.74, 6) is 0.700. The lowest BCUT2D eigenvalue weighted by Crippen LogP contribution is -2.87. The molecular formula is C27H34N7O+. The predicted molar refractivity (Wildman–Crippen MR) is 139 cm³/mol. The lowest BCUT2D eigenvalue weighted by atomic mass is 10.00. The molecule has 35 heavy (non-hydrogen) atoms. The van der Waals surface area contributed by atoms with E-state index in [-0.39, 0.29) is 17.4 Å². The van der Waals surface area contributed by atoms with Gasteiger partial charge in [-0.1, -0.05) is 31.5 Å². The van der Waals surface area contributed by atoms with Crippen molar-refractivity contribution in [2.45, 2.75) is 45.6 Å². The smallest absolute Gasteiger partial charge is 0.255 e. The third-order valence-corrected chi connectivity index (χ3v) is 6.42. The van der Waals surface area contributed by atoms with Gasteiger partial charge in [0.15, 0.2) is 0 Å². The molecule has 1 atom stereocenters. The number of hydrogen-bond acceptors (Lipinski definition) is 6. The van der Waals surface area contributed by atoms with Crippen LogP contribution >= 0.6 is 0 Å². The van der Waals surface area contributed by atoms with Crippen LogP contribution in [0.1, 0.15) is 58.8 Å². The molecule has 0 saturated carbocycles. The molecule has 1 aliphatic heterocycles. The van der Waals surface area contributed by atoms with Crippen LogP contribution in [0.15, 0.2) is 48.8 Å². The maximum absolute atomic E-state index is 13.0. The summed E-state index contributed by atoms with van der Waals surface area (Å²) < 4.78 is 0. The van der Waals surface area contributed by atoms with E-state index in [0.29, 0.717) is 28.6 Å². The minimum absolute atomic E-state index is 0.201. The molecule has 8 heteroatoms. The number of rotatable bonds is 8. The summed E-state index contributed by atoms with van der Waals surface area (Å²) in [5, 5.41) is 17.3. The van der Waals surface area contributed by atoms with Crippen molar-refractivity contribution in [3.8, 4) is 0 Å². The number of nitrogen functional groups attached to an aromatic ring is 1. The highest BCUT2D eigenvalue weighted by atomic mass is 16.1. The fourth-order valence-corrected chi connectivity index (χ4v) is 4.53. The molecule has 0 unspecified atom stereocenters. The van der Waals surface area contributed by atoms with E-state index in [1.165, 1.54) is 11.9 Å². The van der Waals surface area contributed by atoms with E-state index in [2.05, 4.69) is 45.8 Å². The molecule has 7 N–H and O–H groups in total. The van der Waals surface area contributed by atoms with Gasteiger partial charge in [0.2, 0.25) is 5.82 Å². The molecule has 1 aromatic heterocycles. The maximum Gasteiger partial charge on any atom is 0.255 e. The molecule has 8 nitrogen and oxygen atoms in total. The topological polar surface area (TPSA) is 133 Å². The highest BCUT2D eigenvalue weighted by Crippen LogP contribution is 2.21. The summed E-state index contributed by atoms with van der Waals surface area (Å²) in [4.78, 5) is 21.6. The van der Waals surface area contributed by atoms with Crippen LogP contribution in [-0.2, 0) is 6.42 Å². The van der Waals surface area contributed by atoms with Crippen LogP contribution in [0.4, 0.5) is 17.3 Å². The second kappa shape index (κ2) is 11.2. The SMILES string of the molecule is CCCc1ccc(NC(=O)c2cccc(C(=N)c3c(N)ncnc3[NH2+][C@@H]3CCCNC3)c2)cc1C. The minimum atomic E-state index is -0.223. The van der Waals surface area contributed by atoms with Crippen LogP contribution in [0.2, 0.25) is 0 Å². The van der Waals surface area contributed by atoms with E-state index in [0.717, 1.165) is 50.0 Å². The number of quaternary nitrogens is 1. The van der Waals surface area contributed by atoms with Crippen molar-refractivity contribution in [1.82, 2.24) is 15.3 Å². The standard InChI is InChI=1S/C27H33N7O/c1-3-6-18-10-11-21(13-17(18)2)34-27(35)20-8-4-7-19(14-20)24(28)23-25(29)31-16-32-26(23)33-22-9-5-12-30-15-22/h4,7-8,10-11,13-14,16,22,28,30H,3,5-6,9,12,15H2,1-2H3,(H,34,35)(H3,29,31,32,33)/p+1/t22-/m1/s1. The molecule has 1 amide bonds. The lowest BCUT2D eigenvalue weighted by molar-refractivity contribution is -0.614. The summed E-state index contributed by atoms with van der Waals surface area (Å²) in [6.45, 7) is 6.12. The van der Waals surface area contributed by atoms with E-state index in [1.807, 2.05) is 12.1 Å². The maximum atomic E-state index is 13.0. The van der Waals surface area contributed by atoms with Crippen molar-refractivity contribution in [3.05, 3.63) is 76.6 Å². The highest BCUT2D eigenvalue weighted by Gasteiger charge is 2.24. The number of nitrogens with two attached hydrogens (primary N) is 2. The summed E-state index contributed by atoms with van der Waals surface area (Å²) in [7, 11) is 0. The van der Waals surface area contributed by atoms with Gasteiger partial charge in [-0.05, 0) is 61.7 Å². The molecule has 1 fully saturated rings. The van der Waals surface area contributed by atoms with Crippen molar-refractivity contribution in [2.24, 2.45) is 0 Å². The number of aryl methyl sites for hydroxylation is 2. The van der Waals surface area contributed by atoms with E-state index < -0.39 is 0 Å². The number of aromatic nitrogens is 2. The molecule has 1 saturated heterocycles. The average molecular weight is 473 g/mol. The molecule has 182 valence electrons. The monoisotopic (exact) mass is 472 g/mol. The van der Waals surface area contributed by atoms with Gasteiger partial charge in [0, 0.05) is 29.8 Å². The summed E-state index contributed by atoms with van der Waals surface area (Å²) in [5.41, 5.74) is 11.2. The van der Waals surface area contributed by atoms with Crippen molar-refractivity contribution in [2.75, 3.05) is 24.1 Å². The fourth-order valence-electron chi connectivity index (χ4n) is 4.53. The first-order chi connectivity index (χ1) is 17.0. The number of carbonyl (C=O) groups is 1. The van der Waals surface area contributed by atoms with Crippen LogP contribution in [0.3, 0.4) is 0 Å². The van der Waals surface area contributed by atoms with Crippen molar-refractivity contribution < 1.29 is 10.1 Å². The second-order valence-corrected chi connectivity index (χ2v) is 9.09. The summed E-state index contributed by atoms with van der Waals surface area (Å²) in [6, 6.07) is 13.4. The number of benzene rings is 2. The molecule has 0 spiro atoms. The van der Waals surface area contributed by atoms with Gasteiger partial charge >= 0.3 is 0 Å². The Bertz CT molecular complexity index is 1220. The Morgan fingerprint density at radius 2 is 2.06 bits per heavy atom. The zero-order valence-electron chi connectivity index (χ0n) is 20.4. The molecule has 0 aliphatic carbocycles. The number of carbonyl (C=O) groups excluding carboxylic acids is 1. The van der Waals surface area contributed by atoms with Crippen molar-refractivity contribution in [1.29, 1.82) is 5.41 Å². The third kappa shape index (κ3) is 5.90. The number of hydrogen-bond donors (Lipinski definition) is 5. The molecular weight excluding hydrogens is 438 g/mol. The molecule has 3 aromatic rings. The first-order valence-corrected chi connectivity index (χ1v) is 12.2. The highest BCUT2D eigenvalue weighted by molar-refractivity contribution is 6.16. The fraction of sp³-hybridized carbons (Fsp3) is 0.333. The Morgan fingerprint density at radius 3 is 2.80 bits per heavy atom. The Balaban J connectivity index is 1.54. The van der Waals surface area contributed by atoms with Crippen LogP contribution < -0.4 is 21.7 Å². The van der Waals surface area contributed by atoms with Gasteiger partial charge in [-0.25, -0.2) is 4.98 Å². The number of nitrogens with one attached hydrogen (secondary N) is 3. The van der Waals surface area contributed by atoms with Crippen LogP contribution in [0.25, 0.3) is 0 Å². The van der Waals surface area contributed by atoms with Gasteiger partial charge in [-0.15, -0.1) is 0 Å². The number of anilines is 2. The Morgan fingerprint density at radius 1 is 1.23 bits per heavy atom. The predicted octanol–water partition coefficient (Wildman–Crippen LogP) is 2.94. The first-order valence-electron chi connectivity index (χ1n) is 12.2. The van der Waals surface area contributed by atoms with E-state index in [1.54, 1.807) is 24.3 Å². The number of nitrogens with zero attached hydrogens (tertiary/aromatic N) is 2. The largest absolute Gasteiger partial charge is 0.383 e. The van der Waals surface area contributed by atoms with Crippen molar-refractivity contribution >= 4 is 28.9 Å². The molecule has 0 bridgehead atoms. The number of amides is 1. The van der Waals surface area contributed by atoms with E-state index in [9.17, 15) is 4.79 Å². The molecule has 1 aliphatic rings.